The smallest absolute Gasteiger partial charge is 0.227 e. The first-order chi connectivity index (χ1) is 10.0. The molecule has 108 valence electrons. The first-order valence-corrected chi connectivity index (χ1v) is 7.05. The van der Waals surface area contributed by atoms with Crippen LogP contribution in [0.2, 0.25) is 5.02 Å². The van der Waals surface area contributed by atoms with Gasteiger partial charge in [0.2, 0.25) is 5.91 Å². The van der Waals surface area contributed by atoms with Gasteiger partial charge in [-0.05, 0) is 47.9 Å². The Morgan fingerprint density at radius 2 is 2.00 bits per heavy atom. The molecule has 1 aliphatic rings. The van der Waals surface area contributed by atoms with Crippen LogP contribution in [-0.2, 0) is 17.8 Å². The van der Waals surface area contributed by atoms with Crippen molar-refractivity contribution in [1.82, 2.24) is 0 Å². The molecule has 1 heterocycles. The summed E-state index contributed by atoms with van der Waals surface area (Å²) in [5.74, 6) is -0.446. The minimum absolute atomic E-state index is 0.0302. The van der Waals surface area contributed by atoms with Gasteiger partial charge < -0.3 is 10.6 Å². The second-order valence-electron chi connectivity index (χ2n) is 5.12. The maximum absolute atomic E-state index is 13.5. The zero-order valence-electron chi connectivity index (χ0n) is 11.3. The van der Waals surface area contributed by atoms with Crippen molar-refractivity contribution in [2.45, 2.75) is 19.4 Å². The average molecular weight is 305 g/mol. The van der Waals surface area contributed by atoms with Crippen LogP contribution in [0.15, 0.2) is 36.4 Å². The normalized spacial score (nSPS) is 14.2. The third-order valence-corrected chi connectivity index (χ3v) is 3.93. The van der Waals surface area contributed by atoms with Crippen LogP contribution >= 0.6 is 11.6 Å². The Morgan fingerprint density at radius 1 is 1.19 bits per heavy atom. The van der Waals surface area contributed by atoms with Gasteiger partial charge in [-0.1, -0.05) is 17.7 Å². The summed E-state index contributed by atoms with van der Waals surface area (Å²) in [5, 5.41) is 0.0805. The first-order valence-electron chi connectivity index (χ1n) is 6.67. The number of nitrogens with zero attached hydrogens (tertiary/aromatic N) is 1. The lowest BCUT2D eigenvalue weighted by Crippen LogP contribution is -2.34. The number of amides is 1. The van der Waals surface area contributed by atoms with Gasteiger partial charge in [-0.3, -0.25) is 4.79 Å². The fourth-order valence-electron chi connectivity index (χ4n) is 2.57. The van der Waals surface area contributed by atoms with E-state index in [0.29, 0.717) is 30.6 Å². The summed E-state index contributed by atoms with van der Waals surface area (Å²) in [6, 6.07) is 10.1. The Kier molecular flexibility index (Phi) is 3.55. The van der Waals surface area contributed by atoms with Crippen molar-refractivity contribution in [1.29, 1.82) is 0 Å². The lowest BCUT2D eigenvalue weighted by molar-refractivity contribution is -0.119. The topological polar surface area (TPSA) is 46.3 Å². The maximum atomic E-state index is 13.5. The van der Waals surface area contributed by atoms with Gasteiger partial charge in [0, 0.05) is 17.8 Å². The summed E-state index contributed by atoms with van der Waals surface area (Å²) < 4.78 is 13.5. The van der Waals surface area contributed by atoms with E-state index in [4.69, 9.17) is 17.3 Å². The number of halogens is 2. The van der Waals surface area contributed by atoms with E-state index in [0.717, 1.165) is 11.3 Å². The Hall–Kier alpha value is -2.07. The molecule has 0 spiro atoms. The molecular weight excluding hydrogens is 291 g/mol. The van der Waals surface area contributed by atoms with Gasteiger partial charge in [-0.15, -0.1) is 0 Å². The molecule has 3 rings (SSSR count). The largest absolute Gasteiger partial charge is 0.399 e. The second-order valence-corrected chi connectivity index (χ2v) is 5.52. The van der Waals surface area contributed by atoms with Crippen LogP contribution in [-0.4, -0.2) is 5.91 Å². The second kappa shape index (κ2) is 5.37. The molecule has 0 aliphatic carbocycles. The van der Waals surface area contributed by atoms with Crippen LogP contribution < -0.4 is 10.6 Å². The highest BCUT2D eigenvalue weighted by atomic mass is 35.5. The quantitative estimate of drug-likeness (QED) is 0.863. The molecule has 0 atom stereocenters. The molecule has 1 aliphatic heterocycles. The Balaban J connectivity index is 1.94. The number of aryl methyl sites for hydroxylation is 1. The molecule has 0 radical (unpaired) electrons. The average Bonchev–Trinajstić information content (AvgIpc) is 2.46. The number of fused-ring (bicyclic) bond motifs is 1. The van der Waals surface area contributed by atoms with E-state index in [-0.39, 0.29) is 10.9 Å². The van der Waals surface area contributed by atoms with E-state index in [1.807, 2.05) is 12.1 Å². The van der Waals surface area contributed by atoms with Crippen molar-refractivity contribution in [3.63, 3.8) is 0 Å². The number of nitrogen functional groups attached to an aromatic ring is 1. The van der Waals surface area contributed by atoms with E-state index in [9.17, 15) is 9.18 Å². The van der Waals surface area contributed by atoms with E-state index in [1.165, 1.54) is 12.1 Å². The summed E-state index contributed by atoms with van der Waals surface area (Å²) in [5.41, 5.74) is 9.06. The van der Waals surface area contributed by atoms with E-state index >= 15 is 0 Å². The van der Waals surface area contributed by atoms with Crippen molar-refractivity contribution >= 4 is 28.9 Å². The van der Waals surface area contributed by atoms with Crippen LogP contribution in [0.4, 0.5) is 15.8 Å². The summed E-state index contributed by atoms with van der Waals surface area (Å²) in [6.45, 7) is 0.323. The predicted octanol–water partition coefficient (Wildman–Crippen LogP) is 3.54. The molecule has 0 fully saturated rings. The van der Waals surface area contributed by atoms with Gasteiger partial charge in [0.1, 0.15) is 5.82 Å². The molecule has 5 heteroatoms. The number of benzene rings is 2. The minimum Gasteiger partial charge on any atom is -0.399 e. The third kappa shape index (κ3) is 2.72. The molecule has 3 nitrogen and oxygen atoms in total. The summed E-state index contributed by atoms with van der Waals surface area (Å²) in [7, 11) is 0. The molecular formula is C16H14ClFN2O. The lowest BCUT2D eigenvalue weighted by Gasteiger charge is -2.29. The molecule has 2 N–H and O–H groups in total. The number of anilines is 2. The monoisotopic (exact) mass is 304 g/mol. The zero-order valence-corrected chi connectivity index (χ0v) is 12.0. The highest BCUT2D eigenvalue weighted by molar-refractivity contribution is 6.30. The summed E-state index contributed by atoms with van der Waals surface area (Å²) >= 11 is 5.68. The Bertz CT molecular complexity index is 717. The summed E-state index contributed by atoms with van der Waals surface area (Å²) in [6.07, 6.45) is 1.12. The minimum atomic E-state index is -0.476. The van der Waals surface area contributed by atoms with Crippen molar-refractivity contribution < 1.29 is 9.18 Å². The number of hydrogen-bond donors (Lipinski definition) is 1. The fraction of sp³-hybridized carbons (Fsp3) is 0.188. The Labute approximate surface area is 127 Å². The number of rotatable bonds is 2. The van der Waals surface area contributed by atoms with Gasteiger partial charge in [-0.2, -0.15) is 0 Å². The zero-order chi connectivity index (χ0) is 15.0. The molecule has 2 aromatic rings. The number of hydrogen-bond acceptors (Lipinski definition) is 2. The SMILES string of the molecule is Nc1ccc2c(c1)CCC(=O)N2Cc1ccc(Cl)c(F)c1. The molecule has 0 unspecified atom stereocenters. The number of carbonyl (C=O) groups is 1. The predicted molar refractivity (Wildman–Crippen MR) is 81.8 cm³/mol. The van der Waals surface area contributed by atoms with Crippen LogP contribution in [0.25, 0.3) is 0 Å². The van der Waals surface area contributed by atoms with Crippen LogP contribution in [0.5, 0.6) is 0 Å². The molecule has 2 aromatic carbocycles. The first kappa shape index (κ1) is 13.9. The molecule has 21 heavy (non-hydrogen) atoms. The Morgan fingerprint density at radius 3 is 2.76 bits per heavy atom. The van der Waals surface area contributed by atoms with Gasteiger partial charge in [0.25, 0.3) is 0 Å². The third-order valence-electron chi connectivity index (χ3n) is 3.63. The van der Waals surface area contributed by atoms with Crippen molar-refractivity contribution in [3.05, 3.63) is 58.4 Å². The molecule has 0 saturated carbocycles. The molecule has 0 aromatic heterocycles. The molecule has 1 amide bonds. The van der Waals surface area contributed by atoms with Crippen molar-refractivity contribution in [3.8, 4) is 0 Å². The van der Waals surface area contributed by atoms with Crippen LogP contribution in [0.1, 0.15) is 17.5 Å². The molecule has 0 saturated heterocycles. The lowest BCUT2D eigenvalue weighted by atomic mass is 10.00. The molecule has 0 bridgehead atoms. The van der Waals surface area contributed by atoms with Gasteiger partial charge in [0.15, 0.2) is 0 Å². The van der Waals surface area contributed by atoms with Crippen molar-refractivity contribution in [2.24, 2.45) is 0 Å². The maximum Gasteiger partial charge on any atom is 0.227 e. The van der Waals surface area contributed by atoms with Gasteiger partial charge in [0.05, 0.1) is 11.6 Å². The number of nitrogens with two attached hydrogens (primary N) is 1. The highest BCUT2D eigenvalue weighted by Crippen LogP contribution is 2.31. The highest BCUT2D eigenvalue weighted by Gasteiger charge is 2.24. The summed E-state index contributed by atoms with van der Waals surface area (Å²) in [4.78, 5) is 13.8. The van der Waals surface area contributed by atoms with Gasteiger partial charge >= 0.3 is 0 Å². The van der Waals surface area contributed by atoms with Crippen LogP contribution in [0, 0.1) is 5.82 Å². The number of carbonyl (C=O) groups excluding carboxylic acids is 1. The van der Waals surface area contributed by atoms with E-state index in [1.54, 1.807) is 17.0 Å². The standard InChI is InChI=1S/C16H14ClFN2O/c17-13-4-1-10(7-14(13)18)9-20-15-5-3-12(19)8-11(15)2-6-16(20)21/h1,3-5,7-8H,2,6,9,19H2. The fourth-order valence-corrected chi connectivity index (χ4v) is 2.69. The van der Waals surface area contributed by atoms with Crippen molar-refractivity contribution in [2.75, 3.05) is 10.6 Å². The van der Waals surface area contributed by atoms with Gasteiger partial charge in [-0.25, -0.2) is 4.39 Å². The van der Waals surface area contributed by atoms with E-state index < -0.39 is 5.82 Å². The van der Waals surface area contributed by atoms with Crippen LogP contribution in [0.3, 0.4) is 0 Å². The van der Waals surface area contributed by atoms with E-state index in [2.05, 4.69) is 0 Å².